The molecule has 54 heavy (non-hydrogen) atoms. The number of benzene rings is 2. The zero-order valence-electron chi connectivity index (χ0n) is 32.2. The van der Waals surface area contributed by atoms with Gasteiger partial charge in [0.2, 0.25) is 24.1 Å². The minimum Gasteiger partial charge on any atom is -0.465 e. The molecule has 4 N–H and O–H groups in total. The number of ether oxygens (including phenoxy) is 1. The van der Waals surface area contributed by atoms with Crippen LogP contribution in [0.1, 0.15) is 81.2 Å². The highest BCUT2D eigenvalue weighted by molar-refractivity contribution is 6.02. The summed E-state index contributed by atoms with van der Waals surface area (Å²) in [6.07, 6.45) is -3.51. The van der Waals surface area contributed by atoms with Gasteiger partial charge < -0.3 is 30.9 Å². The predicted molar refractivity (Wildman–Crippen MR) is 198 cm³/mol. The van der Waals surface area contributed by atoms with Gasteiger partial charge in [-0.25, -0.2) is 18.4 Å². The Labute approximate surface area is 315 Å². The van der Waals surface area contributed by atoms with E-state index in [9.17, 15) is 37.5 Å². The zero-order valence-corrected chi connectivity index (χ0v) is 32.2. The van der Waals surface area contributed by atoms with Crippen molar-refractivity contribution in [3.05, 3.63) is 71.3 Å². The van der Waals surface area contributed by atoms with Gasteiger partial charge >= 0.3 is 12.0 Å². The average molecular weight is 754 g/mol. The summed E-state index contributed by atoms with van der Waals surface area (Å²) in [4.78, 5) is 81.4. The minimum atomic E-state index is -2.91. The number of Topliss-reactive ketones (excluding diaryl/α,β-unsaturated/α-hetero) is 1. The van der Waals surface area contributed by atoms with E-state index in [1.54, 1.807) is 89.2 Å². The fourth-order valence-corrected chi connectivity index (χ4v) is 7.30. The second-order valence-electron chi connectivity index (χ2n) is 16.2. The zero-order chi connectivity index (χ0) is 40.1. The third-order valence-corrected chi connectivity index (χ3v) is 10.6. The van der Waals surface area contributed by atoms with Gasteiger partial charge in [-0.05, 0) is 52.7 Å². The first kappa shape index (κ1) is 41.9. The van der Waals surface area contributed by atoms with Crippen LogP contribution in [0.5, 0.6) is 0 Å². The lowest BCUT2D eigenvalue weighted by atomic mass is 9.85. The molecular weight excluding hydrogens is 700 g/mol. The molecule has 0 bridgehead atoms. The maximum atomic E-state index is 14.4. The molecule has 2 aliphatic rings. The number of fused-ring (bicyclic) bond motifs is 1. The van der Waals surface area contributed by atoms with Crippen molar-refractivity contribution in [2.75, 3.05) is 20.2 Å². The van der Waals surface area contributed by atoms with Crippen LogP contribution in [0.3, 0.4) is 0 Å². The highest BCUT2D eigenvalue weighted by Gasteiger charge is 2.70. The number of alkyl halides is 2. The van der Waals surface area contributed by atoms with E-state index < -0.39 is 72.2 Å². The maximum Gasteiger partial charge on any atom is 0.337 e. The number of carbonyl (C=O) groups is 6. The monoisotopic (exact) mass is 753 g/mol. The Hall–Kier alpha value is -4.88. The lowest BCUT2D eigenvalue weighted by Crippen LogP contribution is -2.62. The van der Waals surface area contributed by atoms with Crippen molar-refractivity contribution in [2.24, 2.45) is 28.6 Å². The van der Waals surface area contributed by atoms with Crippen LogP contribution in [0.15, 0.2) is 54.6 Å². The molecule has 6 atom stereocenters. The molecule has 2 unspecified atom stereocenters. The van der Waals surface area contributed by atoms with E-state index in [0.29, 0.717) is 17.5 Å². The second kappa shape index (κ2) is 17.1. The fourth-order valence-electron chi connectivity index (χ4n) is 7.30. The number of rotatable bonds is 15. The van der Waals surface area contributed by atoms with E-state index in [0.717, 1.165) is 5.56 Å². The summed E-state index contributed by atoms with van der Waals surface area (Å²) in [5.74, 6) is -3.47. The Morgan fingerprint density at radius 2 is 1.54 bits per heavy atom. The topological polar surface area (TPSA) is 163 Å². The number of likely N-dealkylation sites (tertiary alicyclic amines) is 1. The first-order valence-electron chi connectivity index (χ1n) is 18.3. The molecule has 4 rings (SSSR count). The maximum absolute atomic E-state index is 14.4. The summed E-state index contributed by atoms with van der Waals surface area (Å²) in [7, 11) is 1.27. The molecule has 0 aromatic heterocycles. The molecular formula is C40H53F2N5O7. The molecule has 2 aromatic carbocycles. The molecule has 1 aliphatic carbocycles. The van der Waals surface area contributed by atoms with Crippen LogP contribution >= 0.6 is 0 Å². The molecule has 5 amide bonds. The summed E-state index contributed by atoms with van der Waals surface area (Å²) >= 11 is 0. The van der Waals surface area contributed by atoms with E-state index in [1.165, 1.54) is 12.0 Å². The van der Waals surface area contributed by atoms with Gasteiger partial charge in [-0.2, -0.15) is 0 Å². The molecule has 12 nitrogen and oxygen atoms in total. The summed E-state index contributed by atoms with van der Waals surface area (Å²) in [6.45, 7) is 13.1. The number of hydrogen-bond acceptors (Lipinski definition) is 7. The van der Waals surface area contributed by atoms with Gasteiger partial charge in [0.15, 0.2) is 5.78 Å². The molecule has 2 fully saturated rings. The van der Waals surface area contributed by atoms with Crippen LogP contribution in [-0.2, 0) is 25.5 Å². The summed E-state index contributed by atoms with van der Waals surface area (Å²) in [6, 6.07) is 9.69. The first-order chi connectivity index (χ1) is 25.3. The number of nitrogens with zero attached hydrogens (tertiary/aromatic N) is 1. The van der Waals surface area contributed by atoms with Crippen molar-refractivity contribution in [2.45, 2.75) is 91.9 Å². The Morgan fingerprint density at radius 3 is 2.09 bits per heavy atom. The number of halogens is 2. The van der Waals surface area contributed by atoms with E-state index >= 15 is 0 Å². The second-order valence-corrected chi connectivity index (χ2v) is 16.2. The Balaban J connectivity index is 1.47. The number of nitrogens with one attached hydrogen (secondary N) is 4. The summed E-state index contributed by atoms with van der Waals surface area (Å²) in [5, 5.41) is 10.6. The predicted octanol–water partition coefficient (Wildman–Crippen LogP) is 4.38. The molecule has 0 radical (unpaired) electrons. The third-order valence-electron chi connectivity index (χ3n) is 10.6. The van der Waals surface area contributed by atoms with Gasteiger partial charge in [-0.1, -0.05) is 90.9 Å². The highest BCUT2D eigenvalue weighted by Crippen LogP contribution is 2.65. The SMILES string of the molecule is COC(=O)c1ccc(CCNC(=O)[C@H](CC(F)F)NC(=O)[C@@H]2C3C(CN2C(=O)[C@@H](NC(=O)N[C@H](C(=O)c2ccccc2)C(C)C)C(C)(C)C)C3(C)C)cc1. The number of ketones is 1. The Morgan fingerprint density at radius 1 is 0.907 bits per heavy atom. The number of methoxy groups -OCH3 is 1. The van der Waals surface area contributed by atoms with E-state index in [2.05, 4.69) is 21.3 Å². The minimum absolute atomic E-state index is 0.0617. The molecule has 1 heterocycles. The summed E-state index contributed by atoms with van der Waals surface area (Å²) in [5.41, 5.74) is 0.392. The van der Waals surface area contributed by atoms with Gasteiger partial charge in [0.05, 0.1) is 18.7 Å². The van der Waals surface area contributed by atoms with Gasteiger partial charge in [-0.15, -0.1) is 0 Å². The summed E-state index contributed by atoms with van der Waals surface area (Å²) < 4.78 is 32.2. The number of amides is 5. The van der Waals surface area contributed by atoms with Crippen LogP contribution in [0.25, 0.3) is 0 Å². The lowest BCUT2D eigenvalue weighted by molar-refractivity contribution is -0.144. The van der Waals surface area contributed by atoms with Crippen molar-refractivity contribution in [3.8, 4) is 0 Å². The van der Waals surface area contributed by atoms with Crippen molar-refractivity contribution in [1.82, 2.24) is 26.2 Å². The normalized spacial score (nSPS) is 20.3. The van der Waals surface area contributed by atoms with Crippen LogP contribution in [0.4, 0.5) is 13.6 Å². The quantitative estimate of drug-likeness (QED) is 0.155. The van der Waals surface area contributed by atoms with Gasteiger partial charge in [-0.3, -0.25) is 19.2 Å². The molecule has 1 saturated carbocycles. The number of urea groups is 1. The Bertz CT molecular complexity index is 1690. The van der Waals surface area contributed by atoms with Crippen LogP contribution in [0, 0.1) is 28.6 Å². The van der Waals surface area contributed by atoms with Gasteiger partial charge in [0.1, 0.15) is 18.1 Å². The lowest BCUT2D eigenvalue weighted by Gasteiger charge is -2.38. The van der Waals surface area contributed by atoms with Crippen LogP contribution in [-0.4, -0.2) is 91.2 Å². The number of piperidine rings is 1. The number of carbonyl (C=O) groups excluding carboxylic acids is 6. The molecule has 0 spiro atoms. The van der Waals surface area contributed by atoms with Crippen LogP contribution < -0.4 is 21.3 Å². The molecule has 1 saturated heterocycles. The van der Waals surface area contributed by atoms with Crippen LogP contribution in [0.2, 0.25) is 0 Å². The van der Waals surface area contributed by atoms with Crippen molar-refractivity contribution in [3.63, 3.8) is 0 Å². The van der Waals surface area contributed by atoms with Crippen molar-refractivity contribution < 1.29 is 42.3 Å². The third kappa shape index (κ3) is 9.80. The molecule has 14 heteroatoms. The fraction of sp³-hybridized carbons (Fsp3) is 0.550. The standard InChI is InChI=1S/C40H53F2N5O7/c1-22(2)30(32(48)24-12-10-9-11-13-24)45-38(53)46-33(39(3,4)5)36(51)47-21-26-29(40(26,6)7)31(47)35(50)44-27(20-28(41)42)34(49)43-19-18-23-14-16-25(17-15-23)37(52)54-8/h9-17,22,26-31,33H,18-21H2,1-8H3,(H,43,49)(H,44,50)(H2,45,46,53)/t26?,27-,29?,30-,31-,33+/m0/s1. The number of hydrogen-bond donors (Lipinski definition) is 4. The smallest absolute Gasteiger partial charge is 0.337 e. The average Bonchev–Trinajstić information content (AvgIpc) is 3.41. The van der Waals surface area contributed by atoms with Crippen molar-refractivity contribution >= 4 is 35.5 Å². The highest BCUT2D eigenvalue weighted by atomic mass is 19.3. The van der Waals surface area contributed by atoms with Gasteiger partial charge in [0.25, 0.3) is 0 Å². The molecule has 1 aliphatic heterocycles. The van der Waals surface area contributed by atoms with Gasteiger partial charge in [0, 0.05) is 25.1 Å². The largest absolute Gasteiger partial charge is 0.465 e. The molecule has 294 valence electrons. The number of esters is 1. The molecule has 2 aromatic rings. The Kier molecular flexibility index (Phi) is 13.2. The van der Waals surface area contributed by atoms with E-state index in [-0.39, 0.29) is 42.0 Å². The van der Waals surface area contributed by atoms with E-state index in [1.807, 2.05) is 13.8 Å². The first-order valence-corrected chi connectivity index (χ1v) is 18.3. The van der Waals surface area contributed by atoms with Crippen molar-refractivity contribution in [1.29, 1.82) is 0 Å². The van der Waals surface area contributed by atoms with E-state index in [4.69, 9.17) is 4.74 Å².